The zero-order chi connectivity index (χ0) is 38.8. The van der Waals surface area contributed by atoms with E-state index >= 15 is 0 Å². The Hall–Kier alpha value is -1.14. The number of esters is 2. The number of hydrogen-bond donors (Lipinski definition) is 1. The lowest BCUT2D eigenvalue weighted by molar-refractivity contribution is -0.149. The standard InChI is InChI=1S/C39H77NO5.C7H16/c1-5-8-11-14-16-18-27-36(4)38(42)44-34-25-22-31-40(30-21-24-33-41)32-23-26-35-45-39(43)37(28-19-13-10-7-3)29-20-17-15-12-9-6-2;1-3-5-7-6-4-2/h36-37,41H,5-35H2,1-4H3;3-7H2,1-2H3. The Balaban J connectivity index is 0. The van der Waals surface area contributed by atoms with E-state index in [0.29, 0.717) is 13.2 Å². The van der Waals surface area contributed by atoms with Gasteiger partial charge in [0.05, 0.1) is 25.0 Å². The highest BCUT2D eigenvalue weighted by Gasteiger charge is 2.19. The first-order valence-electron chi connectivity index (χ1n) is 23.1. The van der Waals surface area contributed by atoms with E-state index in [1.54, 1.807) is 0 Å². The quantitative estimate of drug-likeness (QED) is 0.0500. The van der Waals surface area contributed by atoms with Crippen molar-refractivity contribution in [1.82, 2.24) is 4.90 Å². The normalized spacial score (nSPS) is 12.4. The maximum absolute atomic E-state index is 12.9. The van der Waals surface area contributed by atoms with Crippen LogP contribution in [0.1, 0.15) is 234 Å². The summed E-state index contributed by atoms with van der Waals surface area (Å²) in [5.74, 6) is 0.0339. The van der Waals surface area contributed by atoms with Crippen molar-refractivity contribution in [1.29, 1.82) is 0 Å². The van der Waals surface area contributed by atoms with Crippen molar-refractivity contribution in [3.8, 4) is 0 Å². The molecule has 0 saturated heterocycles. The number of nitrogens with zero attached hydrogens (tertiary/aromatic N) is 1. The van der Waals surface area contributed by atoms with Gasteiger partial charge in [-0.1, -0.05) is 176 Å². The summed E-state index contributed by atoms with van der Waals surface area (Å²) in [6.07, 6.45) is 35.3. The second-order valence-electron chi connectivity index (χ2n) is 15.6. The summed E-state index contributed by atoms with van der Waals surface area (Å²) in [6.45, 7) is 17.3. The van der Waals surface area contributed by atoms with Crippen LogP contribution in [0.3, 0.4) is 0 Å². The van der Waals surface area contributed by atoms with Gasteiger partial charge < -0.3 is 19.5 Å². The van der Waals surface area contributed by atoms with Crippen LogP contribution in [-0.2, 0) is 19.1 Å². The first-order valence-corrected chi connectivity index (χ1v) is 23.1. The lowest BCUT2D eigenvalue weighted by Crippen LogP contribution is -2.28. The van der Waals surface area contributed by atoms with Gasteiger partial charge in [0.2, 0.25) is 0 Å². The molecule has 0 aliphatic heterocycles. The molecule has 0 aliphatic rings. The summed E-state index contributed by atoms with van der Waals surface area (Å²) in [5.41, 5.74) is 0. The molecule has 0 aliphatic carbocycles. The molecule has 0 aromatic heterocycles. The molecule has 2 unspecified atom stereocenters. The van der Waals surface area contributed by atoms with Gasteiger partial charge in [0.1, 0.15) is 0 Å². The van der Waals surface area contributed by atoms with E-state index in [0.717, 1.165) is 96.7 Å². The van der Waals surface area contributed by atoms with Crippen molar-refractivity contribution in [2.45, 2.75) is 234 Å². The van der Waals surface area contributed by atoms with Gasteiger partial charge in [-0.15, -0.1) is 0 Å². The monoisotopic (exact) mass is 740 g/mol. The van der Waals surface area contributed by atoms with E-state index in [9.17, 15) is 14.7 Å². The Bertz CT molecular complexity index is 713. The Morgan fingerprint density at radius 1 is 0.442 bits per heavy atom. The molecule has 0 aromatic rings. The first kappa shape index (κ1) is 53.0. The number of ether oxygens (including phenoxy) is 2. The molecule has 0 aromatic carbocycles. The number of aliphatic hydroxyl groups excluding tert-OH is 1. The summed E-state index contributed by atoms with van der Waals surface area (Å²) in [6, 6.07) is 0. The molecule has 1 N–H and O–H groups in total. The van der Waals surface area contributed by atoms with E-state index in [-0.39, 0.29) is 30.4 Å². The van der Waals surface area contributed by atoms with E-state index in [1.807, 2.05) is 6.92 Å². The Labute approximate surface area is 325 Å². The molecular weight excluding hydrogens is 647 g/mol. The van der Waals surface area contributed by atoms with Crippen LogP contribution in [0.15, 0.2) is 0 Å². The number of rotatable bonds is 39. The van der Waals surface area contributed by atoms with E-state index in [2.05, 4.69) is 39.5 Å². The lowest BCUT2D eigenvalue weighted by Gasteiger charge is -2.22. The van der Waals surface area contributed by atoms with Gasteiger partial charge >= 0.3 is 11.9 Å². The van der Waals surface area contributed by atoms with Gasteiger partial charge in [-0.3, -0.25) is 9.59 Å². The summed E-state index contributed by atoms with van der Waals surface area (Å²) in [5, 5.41) is 9.23. The van der Waals surface area contributed by atoms with Gasteiger partial charge in [-0.05, 0) is 77.4 Å². The van der Waals surface area contributed by atoms with Crippen molar-refractivity contribution in [2.24, 2.45) is 11.8 Å². The zero-order valence-corrected chi connectivity index (χ0v) is 36.1. The molecule has 2 atom stereocenters. The van der Waals surface area contributed by atoms with Gasteiger partial charge in [0.15, 0.2) is 0 Å². The number of aliphatic hydroxyl groups is 1. The number of unbranched alkanes of at least 4 members (excludes halogenated alkanes) is 20. The maximum Gasteiger partial charge on any atom is 0.308 e. The smallest absolute Gasteiger partial charge is 0.308 e. The van der Waals surface area contributed by atoms with Gasteiger partial charge in [-0.25, -0.2) is 0 Å². The van der Waals surface area contributed by atoms with Gasteiger partial charge in [0, 0.05) is 6.61 Å². The lowest BCUT2D eigenvalue weighted by atomic mass is 9.94. The van der Waals surface area contributed by atoms with Crippen molar-refractivity contribution >= 4 is 11.9 Å². The van der Waals surface area contributed by atoms with Crippen LogP contribution in [0.2, 0.25) is 0 Å². The predicted octanol–water partition coefficient (Wildman–Crippen LogP) is 13.4. The predicted molar refractivity (Wildman–Crippen MR) is 225 cm³/mol. The average Bonchev–Trinajstić information content (AvgIpc) is 3.14. The molecule has 312 valence electrons. The number of carbonyl (C=O) groups excluding carboxylic acids is 2. The van der Waals surface area contributed by atoms with Crippen LogP contribution < -0.4 is 0 Å². The molecular formula is C46H93NO5. The molecule has 0 fully saturated rings. The third kappa shape index (κ3) is 38.6. The van der Waals surface area contributed by atoms with Crippen LogP contribution in [0, 0.1) is 11.8 Å². The largest absolute Gasteiger partial charge is 0.465 e. The summed E-state index contributed by atoms with van der Waals surface area (Å²) in [4.78, 5) is 27.8. The third-order valence-corrected chi connectivity index (χ3v) is 10.4. The van der Waals surface area contributed by atoms with Crippen LogP contribution in [0.4, 0.5) is 0 Å². The van der Waals surface area contributed by atoms with Gasteiger partial charge in [-0.2, -0.15) is 0 Å². The fourth-order valence-electron chi connectivity index (χ4n) is 6.66. The summed E-state index contributed by atoms with van der Waals surface area (Å²) < 4.78 is 11.4. The Kier molecular flexibility index (Phi) is 45.1. The molecule has 0 radical (unpaired) electrons. The molecule has 0 spiro atoms. The minimum absolute atomic E-state index is 0.00728. The van der Waals surface area contributed by atoms with Crippen molar-refractivity contribution < 1.29 is 24.2 Å². The molecule has 0 heterocycles. The zero-order valence-electron chi connectivity index (χ0n) is 36.1. The van der Waals surface area contributed by atoms with Crippen LogP contribution >= 0.6 is 0 Å². The van der Waals surface area contributed by atoms with Gasteiger partial charge in [0.25, 0.3) is 0 Å². The Morgan fingerprint density at radius 3 is 1.23 bits per heavy atom. The maximum atomic E-state index is 12.9. The SMILES string of the molecule is CCCCCCC.CCCCCCCCC(C)C(=O)OCCCCN(CCCCO)CCCCOC(=O)C(CCCCCC)CCCCCCCC. The highest BCUT2D eigenvalue weighted by atomic mass is 16.5. The first-order chi connectivity index (χ1) is 25.4. The summed E-state index contributed by atoms with van der Waals surface area (Å²) >= 11 is 0. The molecule has 0 rings (SSSR count). The second-order valence-corrected chi connectivity index (χ2v) is 15.6. The molecule has 6 nitrogen and oxygen atoms in total. The molecule has 0 bridgehead atoms. The van der Waals surface area contributed by atoms with E-state index < -0.39 is 0 Å². The second kappa shape index (κ2) is 44.3. The van der Waals surface area contributed by atoms with Crippen LogP contribution in [0.5, 0.6) is 0 Å². The number of hydrogen-bond acceptors (Lipinski definition) is 6. The van der Waals surface area contributed by atoms with Crippen molar-refractivity contribution in [3.63, 3.8) is 0 Å². The van der Waals surface area contributed by atoms with E-state index in [1.165, 1.54) is 116 Å². The third-order valence-electron chi connectivity index (χ3n) is 10.4. The highest BCUT2D eigenvalue weighted by molar-refractivity contribution is 5.72. The number of carbonyl (C=O) groups is 2. The van der Waals surface area contributed by atoms with Crippen molar-refractivity contribution in [3.05, 3.63) is 0 Å². The minimum Gasteiger partial charge on any atom is -0.465 e. The molecule has 0 amide bonds. The molecule has 52 heavy (non-hydrogen) atoms. The highest BCUT2D eigenvalue weighted by Crippen LogP contribution is 2.21. The average molecular weight is 740 g/mol. The minimum atomic E-state index is -0.0481. The molecule has 0 saturated carbocycles. The van der Waals surface area contributed by atoms with Crippen LogP contribution in [-0.4, -0.2) is 61.4 Å². The summed E-state index contributed by atoms with van der Waals surface area (Å²) in [7, 11) is 0. The molecule has 6 heteroatoms. The van der Waals surface area contributed by atoms with Crippen molar-refractivity contribution in [2.75, 3.05) is 39.5 Å². The van der Waals surface area contributed by atoms with Crippen LogP contribution in [0.25, 0.3) is 0 Å². The fourth-order valence-corrected chi connectivity index (χ4v) is 6.66. The Morgan fingerprint density at radius 2 is 0.788 bits per heavy atom. The van der Waals surface area contributed by atoms with E-state index in [4.69, 9.17) is 9.47 Å². The topological polar surface area (TPSA) is 76.1 Å². The fraction of sp³-hybridized carbons (Fsp3) is 0.957.